The van der Waals surface area contributed by atoms with Crippen molar-refractivity contribution in [1.29, 1.82) is 0 Å². The van der Waals surface area contributed by atoms with Gasteiger partial charge in [0, 0.05) is 25.7 Å². The van der Waals surface area contributed by atoms with Gasteiger partial charge < -0.3 is 10.4 Å². The molecule has 0 aliphatic heterocycles. The summed E-state index contributed by atoms with van der Waals surface area (Å²) in [5.74, 6) is 0. The Morgan fingerprint density at radius 3 is 2.67 bits per heavy atom. The van der Waals surface area contributed by atoms with Crippen LogP contribution in [0.5, 0.6) is 0 Å². The predicted molar refractivity (Wildman–Crippen MR) is 50.2 cm³/mol. The number of likely N-dealkylation sites (N-methyl/N-ethyl adjacent to an activating group) is 1. The van der Waals surface area contributed by atoms with Crippen LogP contribution in [0.3, 0.4) is 0 Å². The first-order chi connectivity index (χ1) is 5.74. The van der Waals surface area contributed by atoms with E-state index in [-0.39, 0.29) is 6.10 Å². The van der Waals surface area contributed by atoms with Gasteiger partial charge in [-0.25, -0.2) is 0 Å². The van der Waals surface area contributed by atoms with Gasteiger partial charge in [-0.05, 0) is 26.8 Å². The van der Waals surface area contributed by atoms with Crippen LogP contribution in [0.1, 0.15) is 19.8 Å². The van der Waals surface area contributed by atoms with Crippen LogP contribution in [0.25, 0.3) is 0 Å². The minimum Gasteiger partial charge on any atom is -0.392 e. The number of aliphatic hydroxyl groups is 1. The summed E-state index contributed by atoms with van der Waals surface area (Å²) < 4.78 is 0. The first kappa shape index (κ1) is 9.96. The Labute approximate surface area is 74.8 Å². The Balaban J connectivity index is 2.18. The molecule has 0 amide bonds. The standard InChI is InChI=1S/C9H20N2O/c1-8(12)7-11(6-5-10-2)9-3-4-9/h8-10,12H,3-7H2,1-2H3. The van der Waals surface area contributed by atoms with Gasteiger partial charge in [0.2, 0.25) is 0 Å². The molecule has 1 atom stereocenters. The van der Waals surface area contributed by atoms with Gasteiger partial charge in [0.15, 0.2) is 0 Å². The lowest BCUT2D eigenvalue weighted by atomic mass is 10.3. The van der Waals surface area contributed by atoms with Crippen LogP contribution in [0.15, 0.2) is 0 Å². The summed E-state index contributed by atoms with van der Waals surface area (Å²) in [7, 11) is 1.97. The van der Waals surface area contributed by atoms with Gasteiger partial charge in [-0.15, -0.1) is 0 Å². The van der Waals surface area contributed by atoms with E-state index in [4.69, 9.17) is 0 Å². The molecule has 2 N–H and O–H groups in total. The number of nitrogens with zero attached hydrogens (tertiary/aromatic N) is 1. The summed E-state index contributed by atoms with van der Waals surface area (Å²) >= 11 is 0. The molecule has 0 heterocycles. The lowest BCUT2D eigenvalue weighted by Gasteiger charge is -2.22. The molecule has 0 saturated heterocycles. The Kier molecular flexibility index (Phi) is 3.98. The van der Waals surface area contributed by atoms with Gasteiger partial charge >= 0.3 is 0 Å². The van der Waals surface area contributed by atoms with E-state index in [1.807, 2.05) is 14.0 Å². The molecule has 1 aliphatic rings. The van der Waals surface area contributed by atoms with Crippen molar-refractivity contribution in [1.82, 2.24) is 10.2 Å². The van der Waals surface area contributed by atoms with E-state index in [1.54, 1.807) is 0 Å². The van der Waals surface area contributed by atoms with Gasteiger partial charge in [0.1, 0.15) is 0 Å². The molecular weight excluding hydrogens is 152 g/mol. The van der Waals surface area contributed by atoms with Gasteiger partial charge in [-0.3, -0.25) is 4.90 Å². The van der Waals surface area contributed by atoms with Crippen LogP contribution < -0.4 is 5.32 Å². The molecule has 0 aromatic heterocycles. The molecule has 1 rings (SSSR count). The summed E-state index contributed by atoms with van der Waals surface area (Å²) in [4.78, 5) is 2.38. The zero-order valence-electron chi connectivity index (χ0n) is 8.08. The second kappa shape index (κ2) is 4.80. The lowest BCUT2D eigenvalue weighted by molar-refractivity contribution is 0.122. The van der Waals surface area contributed by atoms with Crippen LogP contribution in [0, 0.1) is 0 Å². The number of rotatable bonds is 6. The Hall–Kier alpha value is -0.120. The van der Waals surface area contributed by atoms with Gasteiger partial charge in [0.05, 0.1) is 6.10 Å². The van der Waals surface area contributed by atoms with Crippen molar-refractivity contribution in [3.05, 3.63) is 0 Å². The van der Waals surface area contributed by atoms with E-state index in [0.717, 1.165) is 25.7 Å². The molecule has 3 heteroatoms. The molecule has 12 heavy (non-hydrogen) atoms. The Morgan fingerprint density at radius 1 is 1.58 bits per heavy atom. The van der Waals surface area contributed by atoms with Crippen LogP contribution in [-0.2, 0) is 0 Å². The van der Waals surface area contributed by atoms with E-state index in [0.29, 0.717) is 0 Å². The number of nitrogens with one attached hydrogen (secondary N) is 1. The highest BCUT2D eigenvalue weighted by Crippen LogP contribution is 2.26. The predicted octanol–water partition coefficient (Wildman–Crippen LogP) is 0.0510. The molecule has 1 fully saturated rings. The van der Waals surface area contributed by atoms with Crippen molar-refractivity contribution in [2.45, 2.75) is 31.9 Å². The molecule has 0 spiro atoms. The maximum Gasteiger partial charge on any atom is 0.0639 e. The minimum absolute atomic E-state index is 0.192. The van der Waals surface area contributed by atoms with Crippen molar-refractivity contribution >= 4 is 0 Å². The third kappa shape index (κ3) is 3.52. The lowest BCUT2D eigenvalue weighted by Crippen LogP contribution is -2.37. The van der Waals surface area contributed by atoms with Crippen LogP contribution in [0.2, 0.25) is 0 Å². The summed E-state index contributed by atoms with van der Waals surface area (Å²) in [5.41, 5.74) is 0. The third-order valence-corrected chi connectivity index (χ3v) is 2.21. The molecule has 0 aromatic rings. The van der Waals surface area contributed by atoms with Crippen molar-refractivity contribution in [3.63, 3.8) is 0 Å². The smallest absolute Gasteiger partial charge is 0.0639 e. The highest BCUT2D eigenvalue weighted by Gasteiger charge is 2.28. The average molecular weight is 172 g/mol. The molecule has 0 bridgehead atoms. The van der Waals surface area contributed by atoms with Crippen molar-refractivity contribution in [3.8, 4) is 0 Å². The maximum absolute atomic E-state index is 9.24. The van der Waals surface area contributed by atoms with Gasteiger partial charge in [-0.1, -0.05) is 0 Å². The van der Waals surface area contributed by atoms with Crippen LogP contribution in [-0.4, -0.2) is 48.8 Å². The molecule has 72 valence electrons. The quantitative estimate of drug-likeness (QED) is 0.594. The number of hydrogen-bond acceptors (Lipinski definition) is 3. The minimum atomic E-state index is -0.192. The third-order valence-electron chi connectivity index (χ3n) is 2.21. The molecular formula is C9H20N2O. The van der Waals surface area contributed by atoms with Gasteiger partial charge in [0.25, 0.3) is 0 Å². The second-order valence-electron chi connectivity index (χ2n) is 3.68. The highest BCUT2D eigenvalue weighted by atomic mass is 16.3. The largest absolute Gasteiger partial charge is 0.392 e. The molecule has 0 radical (unpaired) electrons. The number of hydrogen-bond donors (Lipinski definition) is 2. The van der Waals surface area contributed by atoms with Gasteiger partial charge in [-0.2, -0.15) is 0 Å². The monoisotopic (exact) mass is 172 g/mol. The van der Waals surface area contributed by atoms with Crippen LogP contribution in [0.4, 0.5) is 0 Å². The highest BCUT2D eigenvalue weighted by molar-refractivity contribution is 4.85. The summed E-state index contributed by atoms with van der Waals surface area (Å²) in [5, 5.41) is 12.4. The molecule has 1 unspecified atom stereocenters. The van der Waals surface area contributed by atoms with Crippen molar-refractivity contribution in [2.75, 3.05) is 26.7 Å². The molecule has 3 nitrogen and oxygen atoms in total. The first-order valence-corrected chi connectivity index (χ1v) is 4.80. The van der Waals surface area contributed by atoms with Crippen molar-refractivity contribution < 1.29 is 5.11 Å². The zero-order valence-corrected chi connectivity index (χ0v) is 8.08. The van der Waals surface area contributed by atoms with E-state index in [1.165, 1.54) is 12.8 Å². The number of aliphatic hydroxyl groups excluding tert-OH is 1. The zero-order chi connectivity index (χ0) is 8.97. The summed E-state index contributed by atoms with van der Waals surface area (Å²) in [6.45, 7) is 4.76. The van der Waals surface area contributed by atoms with E-state index < -0.39 is 0 Å². The van der Waals surface area contributed by atoms with E-state index in [9.17, 15) is 5.11 Å². The normalized spacial score (nSPS) is 20.0. The second-order valence-corrected chi connectivity index (χ2v) is 3.68. The fourth-order valence-corrected chi connectivity index (χ4v) is 1.46. The fourth-order valence-electron chi connectivity index (χ4n) is 1.46. The summed E-state index contributed by atoms with van der Waals surface area (Å²) in [6.07, 6.45) is 2.44. The Bertz CT molecular complexity index is 124. The molecule has 1 aliphatic carbocycles. The average Bonchev–Trinajstić information content (AvgIpc) is 2.79. The van der Waals surface area contributed by atoms with E-state index in [2.05, 4.69) is 10.2 Å². The topological polar surface area (TPSA) is 35.5 Å². The van der Waals surface area contributed by atoms with Crippen LogP contribution >= 0.6 is 0 Å². The maximum atomic E-state index is 9.24. The molecule has 1 saturated carbocycles. The SMILES string of the molecule is CNCCN(CC(C)O)C1CC1. The van der Waals surface area contributed by atoms with E-state index >= 15 is 0 Å². The van der Waals surface area contributed by atoms with Crippen molar-refractivity contribution in [2.24, 2.45) is 0 Å². The molecule has 0 aromatic carbocycles. The first-order valence-electron chi connectivity index (χ1n) is 4.80. The summed E-state index contributed by atoms with van der Waals surface area (Å²) in [6, 6.07) is 0.757. The Morgan fingerprint density at radius 2 is 2.25 bits per heavy atom. The fraction of sp³-hybridized carbons (Fsp3) is 1.00.